The second-order valence-electron chi connectivity index (χ2n) is 5.55. The van der Waals surface area contributed by atoms with E-state index in [-0.39, 0.29) is 11.8 Å². The van der Waals surface area contributed by atoms with Gasteiger partial charge in [-0.25, -0.2) is 0 Å². The van der Waals surface area contributed by atoms with Crippen LogP contribution in [0.3, 0.4) is 0 Å². The van der Waals surface area contributed by atoms with Gasteiger partial charge in [-0.2, -0.15) is 0 Å². The van der Waals surface area contributed by atoms with Crippen LogP contribution in [0.15, 0.2) is 22.5 Å². The molecule has 1 aliphatic carbocycles. The Balaban J connectivity index is 1.73. The van der Waals surface area contributed by atoms with Gasteiger partial charge in [0.1, 0.15) is 0 Å². The summed E-state index contributed by atoms with van der Waals surface area (Å²) < 4.78 is 0. The van der Waals surface area contributed by atoms with E-state index in [1.165, 1.54) is 4.88 Å². The first kappa shape index (κ1) is 16.8. The molecular formula is C16H26N4OS. The summed E-state index contributed by atoms with van der Waals surface area (Å²) >= 11 is 1.79. The minimum absolute atomic E-state index is 0.186. The van der Waals surface area contributed by atoms with Gasteiger partial charge in [0.25, 0.3) is 0 Å². The molecule has 2 N–H and O–H groups in total. The summed E-state index contributed by atoms with van der Waals surface area (Å²) in [5.41, 5.74) is 0. The number of guanidine groups is 1. The number of nitrogens with zero attached hydrogens (tertiary/aromatic N) is 2. The third-order valence-corrected chi connectivity index (χ3v) is 4.53. The van der Waals surface area contributed by atoms with Crippen molar-refractivity contribution >= 4 is 23.2 Å². The summed E-state index contributed by atoms with van der Waals surface area (Å²) in [6.07, 6.45) is 3.11. The summed E-state index contributed by atoms with van der Waals surface area (Å²) in [5, 5.41) is 8.36. The van der Waals surface area contributed by atoms with E-state index in [2.05, 4.69) is 52.0 Å². The van der Waals surface area contributed by atoms with Gasteiger partial charge in [0, 0.05) is 37.5 Å². The molecule has 5 nitrogen and oxygen atoms in total. The maximum atomic E-state index is 11.6. The molecule has 1 aromatic rings. The molecule has 0 saturated heterocycles. The highest BCUT2D eigenvalue weighted by Gasteiger charge is 2.28. The number of thiophene rings is 1. The van der Waals surface area contributed by atoms with E-state index in [0.29, 0.717) is 13.1 Å². The molecule has 6 heteroatoms. The van der Waals surface area contributed by atoms with Crippen molar-refractivity contribution in [2.24, 2.45) is 10.9 Å². The molecule has 0 spiro atoms. The van der Waals surface area contributed by atoms with Crippen LogP contribution in [-0.4, -0.2) is 50.0 Å². The number of rotatable bonds is 8. The Labute approximate surface area is 136 Å². The second-order valence-corrected chi connectivity index (χ2v) is 6.58. The molecule has 0 bridgehead atoms. The van der Waals surface area contributed by atoms with Crippen molar-refractivity contribution in [3.05, 3.63) is 22.4 Å². The predicted molar refractivity (Wildman–Crippen MR) is 92.4 cm³/mol. The van der Waals surface area contributed by atoms with E-state index in [0.717, 1.165) is 38.3 Å². The molecule has 1 heterocycles. The summed E-state index contributed by atoms with van der Waals surface area (Å²) in [5.74, 6) is 1.36. The van der Waals surface area contributed by atoms with Crippen LogP contribution in [0, 0.1) is 5.92 Å². The smallest absolute Gasteiger partial charge is 0.223 e. The minimum atomic E-state index is 0.186. The number of hydrogen-bond donors (Lipinski definition) is 2. The van der Waals surface area contributed by atoms with E-state index < -0.39 is 0 Å². The number of nitrogens with one attached hydrogen (secondary N) is 2. The molecule has 0 unspecified atom stereocenters. The molecule has 0 aliphatic heterocycles. The fourth-order valence-electron chi connectivity index (χ4n) is 2.14. The third kappa shape index (κ3) is 5.67. The maximum absolute atomic E-state index is 11.6. The molecule has 2 rings (SSSR count). The normalized spacial score (nSPS) is 14.7. The van der Waals surface area contributed by atoms with Crippen molar-refractivity contribution in [1.82, 2.24) is 15.5 Å². The van der Waals surface area contributed by atoms with Crippen molar-refractivity contribution < 1.29 is 4.79 Å². The predicted octanol–water partition coefficient (Wildman–Crippen LogP) is 1.71. The average molecular weight is 322 g/mol. The Kier molecular flexibility index (Phi) is 6.71. The van der Waals surface area contributed by atoms with Gasteiger partial charge >= 0.3 is 0 Å². The zero-order valence-electron chi connectivity index (χ0n) is 13.5. The number of carbonyl (C=O) groups is 1. The van der Waals surface area contributed by atoms with Gasteiger partial charge in [-0.05, 0) is 37.6 Å². The molecule has 0 atom stereocenters. The molecule has 0 radical (unpaired) electrons. The summed E-state index contributed by atoms with van der Waals surface area (Å²) in [6.45, 7) is 5.07. The van der Waals surface area contributed by atoms with E-state index in [4.69, 9.17) is 0 Å². The van der Waals surface area contributed by atoms with Gasteiger partial charge in [0.15, 0.2) is 5.96 Å². The van der Waals surface area contributed by atoms with Crippen LogP contribution in [-0.2, 0) is 11.2 Å². The molecule has 1 aromatic heterocycles. The van der Waals surface area contributed by atoms with Gasteiger partial charge in [-0.15, -0.1) is 11.3 Å². The van der Waals surface area contributed by atoms with Crippen molar-refractivity contribution in [3.8, 4) is 0 Å². The van der Waals surface area contributed by atoms with Gasteiger partial charge < -0.3 is 15.5 Å². The molecule has 122 valence electrons. The van der Waals surface area contributed by atoms with Crippen LogP contribution in [0.4, 0.5) is 0 Å². The fourth-order valence-corrected chi connectivity index (χ4v) is 2.84. The van der Waals surface area contributed by atoms with Crippen LogP contribution >= 0.6 is 11.3 Å². The topological polar surface area (TPSA) is 56.7 Å². The van der Waals surface area contributed by atoms with Gasteiger partial charge in [0.2, 0.25) is 5.91 Å². The van der Waals surface area contributed by atoms with Crippen LogP contribution in [0.2, 0.25) is 0 Å². The molecule has 1 fully saturated rings. The molecule has 1 aliphatic rings. The van der Waals surface area contributed by atoms with Crippen molar-refractivity contribution in [3.63, 3.8) is 0 Å². The van der Waals surface area contributed by atoms with Crippen LogP contribution < -0.4 is 10.6 Å². The molecule has 0 aromatic carbocycles. The third-order valence-electron chi connectivity index (χ3n) is 3.59. The van der Waals surface area contributed by atoms with E-state index in [9.17, 15) is 4.79 Å². The lowest BCUT2D eigenvalue weighted by Crippen LogP contribution is -2.40. The molecular weight excluding hydrogens is 296 g/mol. The zero-order valence-corrected chi connectivity index (χ0v) is 14.3. The Morgan fingerprint density at radius 2 is 2.27 bits per heavy atom. The van der Waals surface area contributed by atoms with Crippen LogP contribution in [0.1, 0.15) is 24.6 Å². The molecule has 1 amide bonds. The number of amides is 1. The Bertz CT molecular complexity index is 482. The first-order valence-corrected chi connectivity index (χ1v) is 8.88. The second kappa shape index (κ2) is 8.78. The highest BCUT2D eigenvalue weighted by Crippen LogP contribution is 2.28. The number of hydrogen-bond acceptors (Lipinski definition) is 3. The standard InChI is InChI=1S/C16H26N4OS/c1-3-17-16(19-10-9-18-15(21)13-6-7-13)20(2)11-8-14-5-4-12-22-14/h4-5,12-13H,3,6-11H2,1-2H3,(H,17,19)(H,18,21). The molecule has 1 saturated carbocycles. The van der Waals surface area contributed by atoms with Crippen LogP contribution in [0.5, 0.6) is 0 Å². The minimum Gasteiger partial charge on any atom is -0.357 e. The Hall–Kier alpha value is -1.56. The SMILES string of the molecule is CCNC(=NCCNC(=O)C1CC1)N(C)CCc1cccs1. The quantitative estimate of drug-likeness (QED) is 0.435. The fraction of sp³-hybridized carbons (Fsp3) is 0.625. The van der Waals surface area contributed by atoms with Crippen molar-refractivity contribution in [2.45, 2.75) is 26.2 Å². The van der Waals surface area contributed by atoms with Crippen LogP contribution in [0.25, 0.3) is 0 Å². The monoisotopic (exact) mass is 322 g/mol. The highest BCUT2D eigenvalue weighted by atomic mass is 32.1. The highest BCUT2D eigenvalue weighted by molar-refractivity contribution is 7.09. The largest absolute Gasteiger partial charge is 0.357 e. The van der Waals surface area contributed by atoms with E-state index >= 15 is 0 Å². The average Bonchev–Trinajstić information content (AvgIpc) is 3.24. The van der Waals surface area contributed by atoms with E-state index in [1.54, 1.807) is 11.3 Å². The summed E-state index contributed by atoms with van der Waals surface area (Å²) in [6, 6.07) is 4.25. The first-order chi connectivity index (χ1) is 10.7. The van der Waals surface area contributed by atoms with Crippen molar-refractivity contribution in [2.75, 3.05) is 33.2 Å². The molecule has 22 heavy (non-hydrogen) atoms. The van der Waals surface area contributed by atoms with Gasteiger partial charge in [-0.1, -0.05) is 6.07 Å². The number of carbonyl (C=O) groups excluding carboxylic acids is 1. The Morgan fingerprint density at radius 3 is 2.91 bits per heavy atom. The lowest BCUT2D eigenvalue weighted by Gasteiger charge is -2.21. The lowest BCUT2D eigenvalue weighted by atomic mass is 10.3. The summed E-state index contributed by atoms with van der Waals surface area (Å²) in [4.78, 5) is 19.7. The maximum Gasteiger partial charge on any atom is 0.223 e. The summed E-state index contributed by atoms with van der Waals surface area (Å²) in [7, 11) is 2.05. The van der Waals surface area contributed by atoms with Gasteiger partial charge in [-0.3, -0.25) is 9.79 Å². The zero-order chi connectivity index (χ0) is 15.8. The number of aliphatic imine (C=N–C) groups is 1. The number of likely N-dealkylation sites (N-methyl/N-ethyl adjacent to an activating group) is 1. The Morgan fingerprint density at radius 1 is 1.45 bits per heavy atom. The van der Waals surface area contributed by atoms with Crippen molar-refractivity contribution in [1.29, 1.82) is 0 Å². The first-order valence-electron chi connectivity index (χ1n) is 8.00. The lowest BCUT2D eigenvalue weighted by molar-refractivity contribution is -0.122. The van der Waals surface area contributed by atoms with Gasteiger partial charge in [0.05, 0.1) is 6.54 Å². The van der Waals surface area contributed by atoms with E-state index in [1.807, 2.05) is 0 Å².